The molecule has 2 aromatic heterocycles. The van der Waals surface area contributed by atoms with E-state index in [1.807, 2.05) is 24.3 Å². The molecule has 0 saturated carbocycles. The molecule has 0 aliphatic carbocycles. The van der Waals surface area contributed by atoms with Gasteiger partial charge < -0.3 is 14.2 Å². The highest BCUT2D eigenvalue weighted by Gasteiger charge is 2.13. The number of hydrogen-bond acceptors (Lipinski definition) is 6. The number of ether oxygens (including phenoxy) is 1. The van der Waals surface area contributed by atoms with E-state index in [9.17, 15) is 4.79 Å². The number of hydrogen-bond donors (Lipinski definition) is 0. The van der Waals surface area contributed by atoms with Crippen LogP contribution < -0.4 is 4.74 Å². The first kappa shape index (κ1) is 19.0. The Labute approximate surface area is 165 Å². The Kier molecular flexibility index (Phi) is 6.54. The van der Waals surface area contributed by atoms with Crippen LogP contribution >= 0.6 is 15.9 Å². The quantitative estimate of drug-likeness (QED) is 0.544. The van der Waals surface area contributed by atoms with E-state index in [4.69, 9.17) is 9.26 Å². The summed E-state index contributed by atoms with van der Waals surface area (Å²) in [7, 11) is 1.75. The lowest BCUT2D eigenvalue weighted by atomic mass is 10.2. The third-order valence-corrected chi connectivity index (χ3v) is 4.42. The molecule has 0 aliphatic rings. The predicted molar refractivity (Wildman–Crippen MR) is 103 cm³/mol. The Morgan fingerprint density at radius 1 is 1.19 bits per heavy atom. The fraction of sp³-hybridized carbons (Fsp3) is 0.263. The summed E-state index contributed by atoms with van der Waals surface area (Å²) in [5.41, 5.74) is 0.827. The van der Waals surface area contributed by atoms with E-state index < -0.39 is 0 Å². The van der Waals surface area contributed by atoms with Crippen LogP contribution in [-0.2, 0) is 11.2 Å². The van der Waals surface area contributed by atoms with Crippen molar-refractivity contribution < 1.29 is 14.1 Å². The summed E-state index contributed by atoms with van der Waals surface area (Å²) in [6, 6.07) is 11.2. The summed E-state index contributed by atoms with van der Waals surface area (Å²) in [6.45, 7) is 0.928. The van der Waals surface area contributed by atoms with Crippen molar-refractivity contribution in [3.63, 3.8) is 0 Å². The van der Waals surface area contributed by atoms with E-state index >= 15 is 0 Å². The van der Waals surface area contributed by atoms with Crippen molar-refractivity contribution in [3.05, 3.63) is 59.2 Å². The van der Waals surface area contributed by atoms with Gasteiger partial charge in [-0.15, -0.1) is 0 Å². The molecule has 3 aromatic rings. The maximum Gasteiger partial charge on any atom is 0.227 e. The number of carbonyl (C=O) groups is 1. The highest BCUT2D eigenvalue weighted by atomic mass is 79.9. The van der Waals surface area contributed by atoms with Crippen LogP contribution in [0.5, 0.6) is 5.75 Å². The Hall–Kier alpha value is -2.74. The van der Waals surface area contributed by atoms with E-state index in [-0.39, 0.29) is 5.91 Å². The number of likely N-dealkylation sites (N-methyl/N-ethyl adjacent to an activating group) is 1. The third-order valence-electron chi connectivity index (χ3n) is 3.89. The number of benzene rings is 1. The second-order valence-corrected chi connectivity index (χ2v) is 6.78. The summed E-state index contributed by atoms with van der Waals surface area (Å²) in [6.07, 6.45) is 4.03. The minimum absolute atomic E-state index is 0.00179. The van der Waals surface area contributed by atoms with Crippen molar-refractivity contribution in [2.45, 2.75) is 12.8 Å². The lowest BCUT2D eigenvalue weighted by Gasteiger charge is -2.17. The first-order chi connectivity index (χ1) is 13.1. The summed E-state index contributed by atoms with van der Waals surface area (Å²) >= 11 is 3.38. The monoisotopic (exact) mass is 430 g/mol. The number of pyridine rings is 1. The molecule has 0 bridgehead atoms. The molecular formula is C19H19BrN4O3. The normalized spacial score (nSPS) is 10.6. The molecule has 8 heteroatoms. The van der Waals surface area contributed by atoms with Gasteiger partial charge in [0.05, 0.1) is 6.54 Å². The van der Waals surface area contributed by atoms with Crippen LogP contribution in [0, 0.1) is 0 Å². The largest absolute Gasteiger partial charge is 0.492 e. The van der Waals surface area contributed by atoms with Crippen molar-refractivity contribution in [2.24, 2.45) is 0 Å². The highest BCUT2D eigenvalue weighted by Crippen LogP contribution is 2.16. The third kappa shape index (κ3) is 5.62. The van der Waals surface area contributed by atoms with E-state index in [1.165, 1.54) is 0 Å². The molecule has 27 heavy (non-hydrogen) atoms. The van der Waals surface area contributed by atoms with Gasteiger partial charge in [-0.3, -0.25) is 9.78 Å². The molecule has 7 nitrogen and oxygen atoms in total. The maximum absolute atomic E-state index is 12.2. The van der Waals surface area contributed by atoms with Gasteiger partial charge in [-0.1, -0.05) is 21.1 Å². The van der Waals surface area contributed by atoms with Crippen molar-refractivity contribution >= 4 is 21.8 Å². The number of rotatable bonds is 8. The number of carbonyl (C=O) groups excluding carboxylic acids is 1. The van der Waals surface area contributed by atoms with Gasteiger partial charge in [0, 0.05) is 42.3 Å². The standard InChI is InChI=1S/C19H19BrN4O3/c1-24(12-13-26-16-4-2-15(20)3-5-16)18(25)7-6-17-22-19(23-27-17)14-8-10-21-11-9-14/h2-5,8-11H,6-7,12-13H2,1H3. The Balaban J connectivity index is 1.42. The highest BCUT2D eigenvalue weighted by molar-refractivity contribution is 9.10. The summed E-state index contributed by atoms with van der Waals surface area (Å²) in [5.74, 6) is 1.71. The van der Waals surface area contributed by atoms with E-state index in [1.54, 1.807) is 36.5 Å². The molecule has 0 saturated heterocycles. The molecular weight excluding hydrogens is 412 g/mol. The summed E-state index contributed by atoms with van der Waals surface area (Å²) < 4.78 is 11.8. The Morgan fingerprint density at radius 3 is 2.67 bits per heavy atom. The lowest BCUT2D eigenvalue weighted by molar-refractivity contribution is -0.130. The molecule has 0 atom stereocenters. The number of amides is 1. The average Bonchev–Trinajstić information content (AvgIpc) is 3.17. The SMILES string of the molecule is CN(CCOc1ccc(Br)cc1)C(=O)CCc1nc(-c2ccncc2)no1. The van der Waals surface area contributed by atoms with Crippen LogP contribution in [0.15, 0.2) is 57.8 Å². The molecule has 140 valence electrons. The number of halogens is 1. The van der Waals surface area contributed by atoms with E-state index in [0.29, 0.717) is 37.7 Å². The zero-order valence-corrected chi connectivity index (χ0v) is 16.4. The second kappa shape index (κ2) is 9.27. The van der Waals surface area contributed by atoms with Gasteiger partial charge in [0.1, 0.15) is 12.4 Å². The molecule has 0 fully saturated rings. The minimum Gasteiger partial charge on any atom is -0.492 e. The van der Waals surface area contributed by atoms with Gasteiger partial charge in [-0.2, -0.15) is 4.98 Å². The van der Waals surface area contributed by atoms with Crippen LogP contribution in [-0.4, -0.2) is 46.1 Å². The van der Waals surface area contributed by atoms with Gasteiger partial charge in [0.15, 0.2) is 0 Å². The molecule has 1 amide bonds. The minimum atomic E-state index is -0.00179. The molecule has 1 aromatic carbocycles. The molecule has 3 rings (SSSR count). The molecule has 0 spiro atoms. The van der Waals surface area contributed by atoms with E-state index in [2.05, 4.69) is 31.1 Å². The van der Waals surface area contributed by atoms with E-state index in [0.717, 1.165) is 15.8 Å². The van der Waals surface area contributed by atoms with Gasteiger partial charge in [0.2, 0.25) is 17.6 Å². The van der Waals surface area contributed by atoms with Gasteiger partial charge >= 0.3 is 0 Å². The number of aromatic nitrogens is 3. The average molecular weight is 431 g/mol. The predicted octanol–water partition coefficient (Wildman–Crippen LogP) is 3.36. The molecule has 2 heterocycles. The Morgan fingerprint density at radius 2 is 1.93 bits per heavy atom. The molecule has 0 unspecified atom stereocenters. The molecule has 0 aliphatic heterocycles. The van der Waals surface area contributed by atoms with Crippen molar-refractivity contribution in [1.29, 1.82) is 0 Å². The first-order valence-corrected chi connectivity index (χ1v) is 9.26. The topological polar surface area (TPSA) is 81.4 Å². The van der Waals surface area contributed by atoms with Crippen molar-refractivity contribution in [3.8, 4) is 17.1 Å². The fourth-order valence-electron chi connectivity index (χ4n) is 2.34. The summed E-state index contributed by atoms with van der Waals surface area (Å²) in [4.78, 5) is 22.2. The van der Waals surface area contributed by atoms with Crippen LogP contribution in [0.2, 0.25) is 0 Å². The Bertz CT molecular complexity index is 868. The fourth-order valence-corrected chi connectivity index (χ4v) is 2.60. The second-order valence-electron chi connectivity index (χ2n) is 5.87. The van der Waals surface area contributed by atoms with Crippen molar-refractivity contribution in [2.75, 3.05) is 20.2 Å². The van der Waals surface area contributed by atoms with Crippen LogP contribution in [0.3, 0.4) is 0 Å². The van der Waals surface area contributed by atoms with Gasteiger partial charge in [-0.05, 0) is 36.4 Å². The van der Waals surface area contributed by atoms with Crippen LogP contribution in [0.1, 0.15) is 12.3 Å². The van der Waals surface area contributed by atoms with Crippen molar-refractivity contribution in [1.82, 2.24) is 20.0 Å². The van der Waals surface area contributed by atoms with Crippen LogP contribution in [0.4, 0.5) is 0 Å². The first-order valence-electron chi connectivity index (χ1n) is 8.47. The molecule has 0 radical (unpaired) electrons. The molecule has 0 N–H and O–H groups in total. The number of aryl methyl sites for hydroxylation is 1. The maximum atomic E-state index is 12.2. The zero-order chi connectivity index (χ0) is 19.1. The lowest BCUT2D eigenvalue weighted by Crippen LogP contribution is -2.31. The smallest absolute Gasteiger partial charge is 0.227 e. The van der Waals surface area contributed by atoms with Gasteiger partial charge in [-0.25, -0.2) is 0 Å². The van der Waals surface area contributed by atoms with Gasteiger partial charge in [0.25, 0.3) is 0 Å². The zero-order valence-electron chi connectivity index (χ0n) is 14.8. The number of nitrogens with zero attached hydrogens (tertiary/aromatic N) is 4. The van der Waals surface area contributed by atoms with Crippen LogP contribution in [0.25, 0.3) is 11.4 Å². The summed E-state index contributed by atoms with van der Waals surface area (Å²) in [5, 5.41) is 3.94.